The van der Waals surface area contributed by atoms with Gasteiger partial charge in [0.2, 0.25) is 26.4 Å². The third-order valence-corrected chi connectivity index (χ3v) is 8.58. The number of ether oxygens (including phenoxy) is 1. The van der Waals surface area contributed by atoms with Gasteiger partial charge in [0, 0.05) is 21.2 Å². The van der Waals surface area contributed by atoms with Crippen LogP contribution in [0.5, 0.6) is 5.75 Å². The van der Waals surface area contributed by atoms with E-state index in [9.17, 15) is 18.0 Å². The number of methoxy groups -OCH3 is 1. The maximum atomic E-state index is 13.5. The monoisotopic (exact) mass is 465 g/mol. The van der Waals surface area contributed by atoms with E-state index < -0.39 is 26.4 Å². The van der Waals surface area contributed by atoms with Gasteiger partial charge >= 0.3 is 0 Å². The van der Waals surface area contributed by atoms with E-state index in [2.05, 4.69) is 0 Å². The van der Waals surface area contributed by atoms with Crippen molar-refractivity contribution >= 4 is 50.8 Å². The van der Waals surface area contributed by atoms with E-state index in [1.54, 1.807) is 18.2 Å². The summed E-state index contributed by atoms with van der Waals surface area (Å²) in [5.41, 5.74) is 0.723. The number of carbonyl (C=O) groups excluding carboxylic acids is 2. The molecule has 2 saturated heterocycles. The first kappa shape index (κ1) is 20.9. The number of Topliss-reactive ketones (excluding diaryl/α,β-unsaturated/α-hetero) is 1. The summed E-state index contributed by atoms with van der Waals surface area (Å²) in [7, 11) is -2.72. The molecule has 0 saturated carbocycles. The number of hydrogen-bond donors (Lipinski definition) is 0. The average Bonchev–Trinajstić information content (AvgIpc) is 2.98. The van der Waals surface area contributed by atoms with E-state index in [1.165, 1.54) is 44.4 Å². The molecule has 2 aromatic rings. The van der Waals surface area contributed by atoms with Crippen molar-refractivity contribution in [3.05, 3.63) is 63.6 Å². The minimum atomic E-state index is -4.20. The highest BCUT2D eigenvalue weighted by molar-refractivity contribution is 7.93. The van der Waals surface area contributed by atoms with Crippen molar-refractivity contribution in [1.82, 2.24) is 4.90 Å². The molecule has 6 nitrogen and oxygen atoms in total. The molecule has 2 aliphatic rings. The van der Waals surface area contributed by atoms with E-state index in [0.717, 1.165) is 4.90 Å². The zero-order valence-corrected chi connectivity index (χ0v) is 18.4. The summed E-state index contributed by atoms with van der Waals surface area (Å²) in [6.45, 7) is 1.36. The average molecular weight is 466 g/mol. The van der Waals surface area contributed by atoms with Crippen molar-refractivity contribution in [3.63, 3.8) is 0 Å². The molecule has 2 aliphatic heterocycles. The van der Waals surface area contributed by atoms with Crippen LogP contribution in [0, 0.1) is 5.92 Å². The maximum absolute atomic E-state index is 13.5. The van der Waals surface area contributed by atoms with Gasteiger partial charge in [0.25, 0.3) is 0 Å². The Bertz CT molecular complexity index is 1210. The number of hydrogen-bond acceptors (Lipinski definition) is 5. The Kier molecular flexibility index (Phi) is 4.96. The largest absolute Gasteiger partial charge is 0.496 e. The Morgan fingerprint density at radius 3 is 2.37 bits per heavy atom. The fourth-order valence-corrected chi connectivity index (χ4v) is 6.68. The van der Waals surface area contributed by atoms with E-state index in [-0.39, 0.29) is 22.9 Å². The van der Waals surface area contributed by atoms with Crippen molar-refractivity contribution < 1.29 is 22.7 Å². The summed E-state index contributed by atoms with van der Waals surface area (Å²) in [4.78, 5) is 25.1. The number of nitrogens with zero attached hydrogens (tertiary/aromatic N) is 1. The topological polar surface area (TPSA) is 80.8 Å². The maximum Gasteiger partial charge on any atom is 0.231 e. The lowest BCUT2D eigenvalue weighted by Crippen LogP contribution is -2.73. The first-order chi connectivity index (χ1) is 14.1. The third kappa shape index (κ3) is 2.72. The van der Waals surface area contributed by atoms with Crippen LogP contribution in [0.25, 0.3) is 6.08 Å². The van der Waals surface area contributed by atoms with Crippen LogP contribution in [0.3, 0.4) is 0 Å². The zero-order valence-electron chi connectivity index (χ0n) is 16.1. The Morgan fingerprint density at radius 2 is 1.73 bits per heavy atom. The van der Waals surface area contributed by atoms with Crippen LogP contribution in [0.4, 0.5) is 0 Å². The first-order valence-electron chi connectivity index (χ1n) is 9.05. The normalized spacial score (nSPS) is 24.7. The number of ketones is 1. The summed E-state index contributed by atoms with van der Waals surface area (Å²) in [6.07, 6.45) is 1.53. The molecule has 30 heavy (non-hydrogen) atoms. The van der Waals surface area contributed by atoms with Gasteiger partial charge in [0.05, 0.1) is 24.5 Å². The molecule has 1 unspecified atom stereocenters. The van der Waals surface area contributed by atoms with Crippen molar-refractivity contribution in [3.8, 4) is 5.75 Å². The Morgan fingerprint density at radius 1 is 1.10 bits per heavy atom. The highest BCUT2D eigenvalue weighted by atomic mass is 35.5. The molecule has 0 spiro atoms. The molecule has 0 N–H and O–H groups in total. The lowest BCUT2D eigenvalue weighted by molar-refractivity contribution is -0.159. The molecule has 4 rings (SSSR count). The van der Waals surface area contributed by atoms with Gasteiger partial charge in [-0.3, -0.25) is 9.59 Å². The van der Waals surface area contributed by atoms with Crippen LogP contribution in [-0.4, -0.2) is 43.5 Å². The molecule has 0 bridgehead atoms. The molecule has 2 atom stereocenters. The highest BCUT2D eigenvalue weighted by Gasteiger charge is 2.74. The molecule has 0 aromatic heterocycles. The minimum absolute atomic E-state index is 0.0637. The molecule has 1 amide bonds. The fraction of sp³-hybridized carbons (Fsp3) is 0.238. The molecule has 9 heteroatoms. The number of amides is 1. The van der Waals surface area contributed by atoms with E-state index in [4.69, 9.17) is 27.9 Å². The molecular formula is C21H17Cl2NO5S. The van der Waals surface area contributed by atoms with Crippen molar-refractivity contribution in [2.45, 2.75) is 16.7 Å². The Hall–Kier alpha value is -2.35. The van der Waals surface area contributed by atoms with Crippen LogP contribution in [0.2, 0.25) is 10.0 Å². The number of rotatable bonds is 4. The van der Waals surface area contributed by atoms with Gasteiger partial charge in [-0.25, -0.2) is 8.42 Å². The standard InChI is InChI=1S/C21H17Cl2NO5S/c1-12-20(26)24-11-14(9-13-10-16(23)5-8-18(13)29-2)19(25)21(12,24)30(27,28)17-6-3-15(22)4-7-17/h3-10,12H,11H2,1-2H3/t12-,21?/m1/s1. The van der Waals surface area contributed by atoms with Gasteiger partial charge in [0.1, 0.15) is 5.75 Å². The van der Waals surface area contributed by atoms with Gasteiger partial charge in [-0.15, -0.1) is 0 Å². The summed E-state index contributed by atoms with van der Waals surface area (Å²) in [5, 5.41) is 0.803. The van der Waals surface area contributed by atoms with Crippen LogP contribution in [-0.2, 0) is 19.4 Å². The van der Waals surface area contributed by atoms with Crippen LogP contribution < -0.4 is 4.74 Å². The highest BCUT2D eigenvalue weighted by Crippen LogP contribution is 2.51. The summed E-state index contributed by atoms with van der Waals surface area (Å²) >= 11 is 11.9. The second-order valence-electron chi connectivity index (χ2n) is 7.18. The third-order valence-electron chi connectivity index (χ3n) is 5.62. The molecule has 2 fully saturated rings. The molecular weight excluding hydrogens is 449 g/mol. The van der Waals surface area contributed by atoms with Gasteiger partial charge < -0.3 is 9.64 Å². The van der Waals surface area contributed by atoms with Gasteiger partial charge in [-0.2, -0.15) is 0 Å². The van der Waals surface area contributed by atoms with Crippen LogP contribution in [0.15, 0.2) is 52.9 Å². The van der Waals surface area contributed by atoms with Gasteiger partial charge in [0.15, 0.2) is 0 Å². The predicted octanol–water partition coefficient (Wildman–Crippen LogP) is 3.62. The molecule has 0 radical (unpaired) electrons. The second-order valence-corrected chi connectivity index (χ2v) is 10.2. The molecule has 2 aromatic carbocycles. The summed E-state index contributed by atoms with van der Waals surface area (Å²) < 4.78 is 32.4. The minimum Gasteiger partial charge on any atom is -0.496 e. The van der Waals surface area contributed by atoms with Gasteiger partial charge in [-0.05, 0) is 55.5 Å². The van der Waals surface area contributed by atoms with E-state index in [1.807, 2.05) is 0 Å². The second kappa shape index (κ2) is 7.11. The quantitative estimate of drug-likeness (QED) is 0.508. The lowest BCUT2D eigenvalue weighted by atomic mass is 9.87. The number of benzene rings is 2. The van der Waals surface area contributed by atoms with E-state index in [0.29, 0.717) is 21.4 Å². The van der Waals surface area contributed by atoms with Crippen molar-refractivity contribution in [1.29, 1.82) is 0 Å². The van der Waals surface area contributed by atoms with Crippen molar-refractivity contribution in [2.24, 2.45) is 5.92 Å². The summed E-state index contributed by atoms with van der Waals surface area (Å²) in [5.74, 6) is -1.53. The van der Waals surface area contributed by atoms with Crippen LogP contribution >= 0.6 is 23.2 Å². The fourth-order valence-electron chi connectivity index (χ4n) is 4.13. The number of carbonyl (C=O) groups is 2. The van der Waals surface area contributed by atoms with E-state index >= 15 is 0 Å². The van der Waals surface area contributed by atoms with Crippen molar-refractivity contribution in [2.75, 3.05) is 13.7 Å². The number of sulfone groups is 1. The molecule has 0 aliphatic carbocycles. The predicted molar refractivity (Wildman–Crippen MR) is 113 cm³/mol. The van der Waals surface area contributed by atoms with Gasteiger partial charge in [-0.1, -0.05) is 23.2 Å². The lowest BCUT2D eigenvalue weighted by Gasteiger charge is -2.49. The smallest absolute Gasteiger partial charge is 0.231 e. The molecule has 2 heterocycles. The zero-order chi connectivity index (χ0) is 21.8. The first-order valence-corrected chi connectivity index (χ1v) is 11.3. The number of fused-ring (bicyclic) bond motifs is 1. The SMILES string of the molecule is COc1ccc(Cl)cc1C=C1CN2C(=O)[C@@H](C)C2(S(=O)(=O)c2ccc(Cl)cc2)C1=O. The molecule has 156 valence electrons. The van der Waals surface area contributed by atoms with Crippen LogP contribution in [0.1, 0.15) is 12.5 Å². The number of halogens is 2. The Balaban J connectivity index is 1.85. The number of β-lactam (4-membered cyclic amide) rings is 1. The Labute approximate surface area is 184 Å². The summed E-state index contributed by atoms with van der Waals surface area (Å²) in [6, 6.07) is 10.5.